The maximum absolute atomic E-state index is 13.5. The molecule has 1 N–H and O–H groups in total. The fourth-order valence-corrected chi connectivity index (χ4v) is 5.85. The van der Waals surface area contributed by atoms with Crippen LogP contribution in [0.1, 0.15) is 26.3 Å². The largest absolute Gasteiger partial charge is 0.606 e. The Morgan fingerprint density at radius 1 is 1.06 bits per heavy atom. The lowest BCUT2D eigenvalue weighted by Crippen LogP contribution is -2.30. The second-order valence-electron chi connectivity index (χ2n) is 7.39. The predicted molar refractivity (Wildman–Crippen MR) is 125 cm³/mol. The summed E-state index contributed by atoms with van der Waals surface area (Å²) in [6.45, 7) is 10.1. The van der Waals surface area contributed by atoms with Crippen LogP contribution < -0.4 is 10.1 Å². The van der Waals surface area contributed by atoms with Gasteiger partial charge in [-0.05, 0) is 31.3 Å². The molecule has 0 fully saturated rings. The SMILES string of the molecule is CCN(CC)CCNc1ccc(CN(CC)S(C)(=O)=O)c2c1[S+]([O-])c1ccccc1O2. The lowest BCUT2D eigenvalue weighted by Gasteiger charge is -2.27. The van der Waals surface area contributed by atoms with Gasteiger partial charge in [0.15, 0.2) is 11.5 Å². The van der Waals surface area contributed by atoms with Crippen molar-refractivity contribution >= 4 is 26.9 Å². The second-order valence-corrected chi connectivity index (χ2v) is 10.8. The monoisotopic (exact) mass is 465 g/mol. The van der Waals surface area contributed by atoms with Gasteiger partial charge in [0.1, 0.15) is 0 Å². The molecule has 0 spiro atoms. The molecule has 9 heteroatoms. The third-order valence-corrected chi connectivity index (χ3v) is 8.28. The summed E-state index contributed by atoms with van der Waals surface area (Å²) in [4.78, 5) is 3.50. The van der Waals surface area contributed by atoms with E-state index in [1.165, 1.54) is 10.6 Å². The fraction of sp³-hybridized carbons (Fsp3) is 0.455. The molecule has 0 aliphatic carbocycles. The van der Waals surface area contributed by atoms with Crippen LogP contribution in [-0.2, 0) is 27.7 Å². The molecule has 0 aromatic heterocycles. The van der Waals surface area contributed by atoms with Gasteiger partial charge in [-0.25, -0.2) is 8.42 Å². The molecule has 1 unspecified atom stereocenters. The van der Waals surface area contributed by atoms with E-state index in [2.05, 4.69) is 24.1 Å². The highest BCUT2D eigenvalue weighted by Gasteiger charge is 2.35. The minimum absolute atomic E-state index is 0.163. The Balaban J connectivity index is 1.98. The Kier molecular flexibility index (Phi) is 7.87. The second kappa shape index (κ2) is 10.2. The van der Waals surface area contributed by atoms with Crippen LogP contribution in [0.15, 0.2) is 46.2 Å². The summed E-state index contributed by atoms with van der Waals surface area (Å²) in [5, 5.41) is 3.41. The van der Waals surface area contributed by atoms with Crippen molar-refractivity contribution in [3.63, 3.8) is 0 Å². The van der Waals surface area contributed by atoms with Crippen LogP contribution in [0.3, 0.4) is 0 Å². The van der Waals surface area contributed by atoms with Crippen LogP contribution in [0.4, 0.5) is 5.69 Å². The number of ether oxygens (including phenoxy) is 1. The maximum Gasteiger partial charge on any atom is 0.224 e. The van der Waals surface area contributed by atoms with Crippen LogP contribution in [0.25, 0.3) is 0 Å². The normalized spacial score (nSPS) is 15.5. The van der Waals surface area contributed by atoms with E-state index in [0.29, 0.717) is 39.9 Å². The number of hydrogen-bond acceptors (Lipinski definition) is 6. The molecule has 7 nitrogen and oxygen atoms in total. The Morgan fingerprint density at radius 3 is 2.42 bits per heavy atom. The van der Waals surface area contributed by atoms with Crippen molar-refractivity contribution in [2.24, 2.45) is 0 Å². The maximum atomic E-state index is 13.5. The summed E-state index contributed by atoms with van der Waals surface area (Å²) in [6.07, 6.45) is 1.19. The quantitative estimate of drug-likeness (QED) is 0.541. The molecular weight excluding hydrogens is 434 g/mol. The summed E-state index contributed by atoms with van der Waals surface area (Å²) >= 11 is -1.44. The summed E-state index contributed by atoms with van der Waals surface area (Å²) in [5.41, 5.74) is 1.44. The van der Waals surface area contributed by atoms with E-state index in [0.717, 1.165) is 25.3 Å². The van der Waals surface area contributed by atoms with E-state index < -0.39 is 21.2 Å². The average Bonchev–Trinajstić information content (AvgIpc) is 2.75. The minimum atomic E-state index is -3.37. The zero-order valence-electron chi connectivity index (χ0n) is 18.6. The molecule has 170 valence electrons. The van der Waals surface area contributed by atoms with Gasteiger partial charge in [0.25, 0.3) is 0 Å². The van der Waals surface area contributed by atoms with Crippen molar-refractivity contribution in [3.8, 4) is 11.5 Å². The van der Waals surface area contributed by atoms with E-state index in [-0.39, 0.29) is 6.54 Å². The van der Waals surface area contributed by atoms with Crippen LogP contribution in [0, 0.1) is 0 Å². The number of benzene rings is 2. The van der Waals surface area contributed by atoms with E-state index in [1.54, 1.807) is 19.1 Å². The molecule has 1 atom stereocenters. The van der Waals surface area contributed by atoms with Gasteiger partial charge in [0.2, 0.25) is 19.8 Å². The standard InChI is InChI=1S/C22H31N3O4S2/c1-5-24(6-2)15-14-23-18-13-12-17(16-25(7-3)31(4,27)28)21-22(18)30(26)20-11-9-8-10-19(20)29-21/h8-13,23H,5-7,14-16H2,1-4H3. The Labute approximate surface area is 188 Å². The van der Waals surface area contributed by atoms with E-state index in [4.69, 9.17) is 4.74 Å². The van der Waals surface area contributed by atoms with E-state index in [9.17, 15) is 13.0 Å². The molecule has 31 heavy (non-hydrogen) atoms. The smallest absolute Gasteiger partial charge is 0.224 e. The highest BCUT2D eigenvalue weighted by atomic mass is 32.2. The number of nitrogens with one attached hydrogen (secondary N) is 1. The number of rotatable bonds is 10. The van der Waals surface area contributed by atoms with Crippen LogP contribution >= 0.6 is 0 Å². The Hall–Kier alpha value is -1.78. The van der Waals surface area contributed by atoms with Crippen LogP contribution in [0.5, 0.6) is 11.5 Å². The Bertz CT molecular complexity index is 1010. The molecule has 0 amide bonds. The third kappa shape index (κ3) is 5.35. The molecule has 1 aliphatic rings. The molecule has 2 aromatic carbocycles. The summed E-state index contributed by atoms with van der Waals surface area (Å²) in [7, 11) is -3.37. The number of likely N-dealkylation sites (N-methyl/N-ethyl adjacent to an activating group) is 1. The lowest BCUT2D eigenvalue weighted by atomic mass is 10.1. The number of hydrogen-bond donors (Lipinski definition) is 1. The summed E-state index contributed by atoms with van der Waals surface area (Å²) < 4.78 is 45.3. The highest BCUT2D eigenvalue weighted by Crippen LogP contribution is 2.47. The van der Waals surface area contributed by atoms with Crippen molar-refractivity contribution in [1.29, 1.82) is 0 Å². The topological polar surface area (TPSA) is 84.9 Å². The van der Waals surface area contributed by atoms with Gasteiger partial charge in [0.05, 0.1) is 11.9 Å². The van der Waals surface area contributed by atoms with E-state index >= 15 is 0 Å². The number of nitrogens with zero attached hydrogens (tertiary/aromatic N) is 2. The van der Waals surface area contributed by atoms with Gasteiger partial charge in [-0.2, -0.15) is 4.31 Å². The third-order valence-electron chi connectivity index (χ3n) is 5.45. The molecule has 0 radical (unpaired) electrons. The first-order chi connectivity index (χ1) is 14.8. The van der Waals surface area contributed by atoms with E-state index in [1.807, 2.05) is 24.3 Å². The number of para-hydroxylation sites is 1. The molecule has 0 bridgehead atoms. The van der Waals surface area contributed by atoms with Gasteiger partial charge in [-0.1, -0.05) is 39.0 Å². The van der Waals surface area contributed by atoms with Crippen LogP contribution in [-0.4, -0.2) is 61.2 Å². The molecule has 1 aliphatic heterocycles. The lowest BCUT2D eigenvalue weighted by molar-refractivity contribution is 0.316. The van der Waals surface area contributed by atoms with Crippen LogP contribution in [0.2, 0.25) is 0 Å². The molecule has 2 aromatic rings. The first-order valence-corrected chi connectivity index (χ1v) is 13.6. The first-order valence-electron chi connectivity index (χ1n) is 10.6. The van der Waals surface area contributed by atoms with Gasteiger partial charge in [-0.3, -0.25) is 0 Å². The van der Waals surface area contributed by atoms with Gasteiger partial charge < -0.3 is 19.5 Å². The van der Waals surface area contributed by atoms with Crippen molar-refractivity contribution in [1.82, 2.24) is 9.21 Å². The van der Waals surface area contributed by atoms with Crippen molar-refractivity contribution in [2.45, 2.75) is 37.1 Å². The predicted octanol–water partition coefficient (Wildman–Crippen LogP) is 3.49. The summed E-state index contributed by atoms with van der Waals surface area (Å²) in [5.74, 6) is 1.02. The van der Waals surface area contributed by atoms with Gasteiger partial charge in [0, 0.05) is 42.9 Å². The van der Waals surface area contributed by atoms with Gasteiger partial charge in [-0.15, -0.1) is 0 Å². The molecular formula is C22H31N3O4S2. The first kappa shape index (κ1) is 23.9. The van der Waals surface area contributed by atoms with Crippen molar-refractivity contribution in [2.75, 3.05) is 44.3 Å². The number of fused-ring (bicyclic) bond motifs is 2. The fourth-order valence-electron chi connectivity index (χ4n) is 3.61. The zero-order chi connectivity index (χ0) is 22.6. The minimum Gasteiger partial charge on any atom is -0.606 e. The van der Waals surface area contributed by atoms with Gasteiger partial charge >= 0.3 is 0 Å². The zero-order valence-corrected chi connectivity index (χ0v) is 20.2. The number of anilines is 1. The molecule has 0 saturated heterocycles. The van der Waals surface area contributed by atoms with Crippen molar-refractivity contribution < 1.29 is 17.7 Å². The molecule has 0 saturated carbocycles. The van der Waals surface area contributed by atoms with Crippen molar-refractivity contribution in [3.05, 3.63) is 42.0 Å². The average molecular weight is 466 g/mol. The number of sulfonamides is 1. The Morgan fingerprint density at radius 2 is 1.77 bits per heavy atom. The highest BCUT2D eigenvalue weighted by molar-refractivity contribution is 7.92. The molecule has 3 rings (SSSR count). The molecule has 1 heterocycles. The summed E-state index contributed by atoms with van der Waals surface area (Å²) in [6, 6.07) is 11.0.